The molecule has 0 aliphatic heterocycles. The molecule has 1 atom stereocenters. The number of fused-ring (bicyclic) bond motifs is 5. The molecule has 86 valence electrons. The SMILES string of the molecule is BrC1=C2c3ccc4[nH]ncc4c3CC2CCC1. The van der Waals surface area contributed by atoms with Crippen LogP contribution in [0, 0.1) is 5.92 Å². The van der Waals surface area contributed by atoms with Gasteiger partial charge in [0.15, 0.2) is 0 Å². The van der Waals surface area contributed by atoms with Crippen molar-refractivity contribution in [1.29, 1.82) is 0 Å². The van der Waals surface area contributed by atoms with Crippen LogP contribution in [0.4, 0.5) is 0 Å². The van der Waals surface area contributed by atoms with Crippen molar-refractivity contribution in [2.24, 2.45) is 5.92 Å². The van der Waals surface area contributed by atoms with Gasteiger partial charge in [-0.1, -0.05) is 22.0 Å². The molecule has 1 N–H and O–H groups in total. The Labute approximate surface area is 108 Å². The molecule has 2 aliphatic carbocycles. The van der Waals surface area contributed by atoms with Crippen molar-refractivity contribution in [3.63, 3.8) is 0 Å². The lowest BCUT2D eigenvalue weighted by molar-refractivity contribution is 0.572. The largest absolute Gasteiger partial charge is 0.278 e. The summed E-state index contributed by atoms with van der Waals surface area (Å²) in [6.07, 6.45) is 7.01. The van der Waals surface area contributed by atoms with Crippen molar-refractivity contribution >= 4 is 32.4 Å². The van der Waals surface area contributed by atoms with Crippen LogP contribution in [0.2, 0.25) is 0 Å². The van der Waals surface area contributed by atoms with E-state index in [1.165, 1.54) is 52.2 Å². The van der Waals surface area contributed by atoms with Crippen LogP contribution >= 0.6 is 15.9 Å². The Bertz CT molecular complexity index is 639. The van der Waals surface area contributed by atoms with E-state index in [9.17, 15) is 0 Å². The Morgan fingerprint density at radius 3 is 3.24 bits per heavy atom. The Morgan fingerprint density at radius 1 is 1.35 bits per heavy atom. The van der Waals surface area contributed by atoms with E-state index in [0.29, 0.717) is 0 Å². The first-order chi connectivity index (χ1) is 8.34. The van der Waals surface area contributed by atoms with Crippen molar-refractivity contribution in [2.45, 2.75) is 25.7 Å². The molecule has 1 unspecified atom stereocenters. The molecule has 0 bridgehead atoms. The second-order valence-electron chi connectivity index (χ2n) is 5.03. The minimum absolute atomic E-state index is 0.730. The third-order valence-electron chi connectivity index (χ3n) is 4.13. The number of nitrogens with one attached hydrogen (secondary N) is 1. The Morgan fingerprint density at radius 2 is 2.29 bits per heavy atom. The number of hydrogen-bond acceptors (Lipinski definition) is 1. The van der Waals surface area contributed by atoms with Crippen LogP contribution in [-0.4, -0.2) is 10.2 Å². The van der Waals surface area contributed by atoms with Gasteiger partial charge in [0.25, 0.3) is 0 Å². The Kier molecular flexibility index (Phi) is 2.01. The summed E-state index contributed by atoms with van der Waals surface area (Å²) in [7, 11) is 0. The minimum Gasteiger partial charge on any atom is -0.278 e. The summed E-state index contributed by atoms with van der Waals surface area (Å²) in [5.74, 6) is 0.730. The molecule has 1 aromatic heterocycles. The second-order valence-corrected chi connectivity index (χ2v) is 5.99. The summed E-state index contributed by atoms with van der Waals surface area (Å²) in [5.41, 5.74) is 5.68. The molecule has 0 fully saturated rings. The van der Waals surface area contributed by atoms with Crippen LogP contribution < -0.4 is 0 Å². The molecule has 0 radical (unpaired) electrons. The number of allylic oxidation sites excluding steroid dienone is 2. The van der Waals surface area contributed by atoms with Crippen LogP contribution in [-0.2, 0) is 6.42 Å². The molecule has 2 aromatic rings. The van der Waals surface area contributed by atoms with Gasteiger partial charge in [-0.05, 0) is 58.8 Å². The number of nitrogens with zero attached hydrogens (tertiary/aromatic N) is 1. The van der Waals surface area contributed by atoms with Gasteiger partial charge in [0.1, 0.15) is 0 Å². The maximum atomic E-state index is 4.16. The van der Waals surface area contributed by atoms with Gasteiger partial charge in [-0.15, -0.1) is 0 Å². The fourth-order valence-electron chi connectivity index (χ4n) is 3.37. The average Bonchev–Trinajstić information content (AvgIpc) is 2.91. The van der Waals surface area contributed by atoms with Crippen LogP contribution in [0.1, 0.15) is 30.4 Å². The summed E-state index contributed by atoms with van der Waals surface area (Å²) in [5, 5.41) is 8.54. The Hall–Kier alpha value is -1.09. The lowest BCUT2D eigenvalue weighted by atomic mass is 9.88. The van der Waals surface area contributed by atoms with Crippen molar-refractivity contribution in [3.8, 4) is 0 Å². The highest BCUT2D eigenvalue weighted by atomic mass is 79.9. The number of rotatable bonds is 0. The van der Waals surface area contributed by atoms with E-state index in [4.69, 9.17) is 0 Å². The highest BCUT2D eigenvalue weighted by Crippen LogP contribution is 2.48. The lowest BCUT2D eigenvalue weighted by Crippen LogP contribution is -2.05. The summed E-state index contributed by atoms with van der Waals surface area (Å²) >= 11 is 3.78. The third-order valence-corrected chi connectivity index (χ3v) is 4.95. The Balaban J connectivity index is 2.03. The number of aromatic nitrogens is 2. The molecule has 1 aromatic carbocycles. The monoisotopic (exact) mass is 288 g/mol. The molecule has 0 spiro atoms. The van der Waals surface area contributed by atoms with Crippen molar-refractivity contribution in [1.82, 2.24) is 10.2 Å². The molecular formula is C14H13BrN2. The fraction of sp³-hybridized carbons (Fsp3) is 0.357. The molecule has 3 heteroatoms. The van der Waals surface area contributed by atoms with Gasteiger partial charge in [-0.2, -0.15) is 5.10 Å². The van der Waals surface area contributed by atoms with E-state index in [2.05, 4.69) is 38.3 Å². The quantitative estimate of drug-likeness (QED) is 0.779. The third kappa shape index (κ3) is 1.29. The summed E-state index contributed by atoms with van der Waals surface area (Å²) in [6.45, 7) is 0. The summed E-state index contributed by atoms with van der Waals surface area (Å²) in [4.78, 5) is 0. The first-order valence-corrected chi connectivity index (χ1v) is 6.98. The molecule has 2 nitrogen and oxygen atoms in total. The van der Waals surface area contributed by atoms with Gasteiger partial charge in [-0.3, -0.25) is 5.10 Å². The second kappa shape index (κ2) is 3.45. The molecular weight excluding hydrogens is 276 g/mol. The van der Waals surface area contributed by atoms with Gasteiger partial charge in [0.05, 0.1) is 11.7 Å². The van der Waals surface area contributed by atoms with E-state index in [1.54, 1.807) is 5.57 Å². The number of hydrogen-bond donors (Lipinski definition) is 1. The minimum atomic E-state index is 0.730. The lowest BCUT2D eigenvalue weighted by Gasteiger charge is -2.20. The average molecular weight is 289 g/mol. The van der Waals surface area contributed by atoms with Crippen molar-refractivity contribution in [2.75, 3.05) is 0 Å². The zero-order valence-electron chi connectivity index (χ0n) is 9.46. The van der Waals surface area contributed by atoms with E-state index >= 15 is 0 Å². The summed E-state index contributed by atoms with van der Waals surface area (Å²) < 4.78 is 1.43. The smallest absolute Gasteiger partial charge is 0.0653 e. The van der Waals surface area contributed by atoms with Crippen LogP contribution in [0.15, 0.2) is 22.8 Å². The maximum absolute atomic E-state index is 4.16. The molecule has 0 amide bonds. The molecule has 2 aliphatic rings. The molecule has 0 saturated heterocycles. The highest BCUT2D eigenvalue weighted by molar-refractivity contribution is 9.11. The van der Waals surface area contributed by atoms with Gasteiger partial charge in [0.2, 0.25) is 0 Å². The van der Waals surface area contributed by atoms with E-state index in [-0.39, 0.29) is 0 Å². The van der Waals surface area contributed by atoms with Crippen LogP contribution in [0.5, 0.6) is 0 Å². The van der Waals surface area contributed by atoms with Crippen molar-refractivity contribution in [3.05, 3.63) is 33.9 Å². The zero-order valence-corrected chi connectivity index (χ0v) is 11.0. The molecule has 4 rings (SSSR count). The van der Waals surface area contributed by atoms with Gasteiger partial charge < -0.3 is 0 Å². The van der Waals surface area contributed by atoms with Gasteiger partial charge >= 0.3 is 0 Å². The maximum Gasteiger partial charge on any atom is 0.0653 e. The first-order valence-electron chi connectivity index (χ1n) is 6.18. The zero-order chi connectivity index (χ0) is 11.4. The normalized spacial score (nSPS) is 23.0. The van der Waals surface area contributed by atoms with Crippen LogP contribution in [0.3, 0.4) is 0 Å². The van der Waals surface area contributed by atoms with E-state index in [0.717, 1.165) is 5.92 Å². The van der Waals surface area contributed by atoms with Crippen molar-refractivity contribution < 1.29 is 0 Å². The summed E-state index contributed by atoms with van der Waals surface area (Å²) in [6, 6.07) is 4.42. The number of halogens is 1. The topological polar surface area (TPSA) is 28.7 Å². The molecule has 0 saturated carbocycles. The predicted molar refractivity (Wildman–Crippen MR) is 73.0 cm³/mol. The first kappa shape index (κ1) is 9.89. The highest BCUT2D eigenvalue weighted by Gasteiger charge is 2.32. The number of aromatic amines is 1. The number of benzene rings is 1. The van der Waals surface area contributed by atoms with E-state index < -0.39 is 0 Å². The number of H-pyrrole nitrogens is 1. The van der Waals surface area contributed by atoms with Crippen LogP contribution in [0.25, 0.3) is 16.5 Å². The van der Waals surface area contributed by atoms with Gasteiger partial charge in [-0.25, -0.2) is 0 Å². The fourth-order valence-corrected chi connectivity index (χ4v) is 4.19. The standard InChI is InChI=1S/C14H13BrN2/c15-12-3-1-2-8-6-10-9(14(8)12)4-5-13-11(10)7-16-17-13/h4-5,7-8H,1-3,6H2,(H,16,17). The molecule has 1 heterocycles. The molecule has 17 heavy (non-hydrogen) atoms. The van der Waals surface area contributed by atoms with Gasteiger partial charge in [0, 0.05) is 5.39 Å². The predicted octanol–water partition coefficient (Wildman–Crippen LogP) is 4.03. The van der Waals surface area contributed by atoms with E-state index in [1.807, 2.05) is 6.20 Å².